The molecule has 122 valence electrons. The molecule has 1 aliphatic carbocycles. The summed E-state index contributed by atoms with van der Waals surface area (Å²) in [7, 11) is 0. The van der Waals surface area contributed by atoms with Gasteiger partial charge in [-0.3, -0.25) is 0 Å². The molecule has 0 unspecified atom stereocenters. The minimum absolute atomic E-state index is 0.276. The summed E-state index contributed by atoms with van der Waals surface area (Å²) in [6, 6.07) is 5.37. The van der Waals surface area contributed by atoms with Crippen molar-refractivity contribution in [2.45, 2.75) is 39.3 Å². The molecule has 23 heavy (non-hydrogen) atoms. The molecule has 1 aromatic heterocycles. The van der Waals surface area contributed by atoms with Crippen molar-refractivity contribution in [3.8, 4) is 5.69 Å². The lowest BCUT2D eigenvalue weighted by atomic mass is 10.1. The van der Waals surface area contributed by atoms with Crippen molar-refractivity contribution in [2.24, 2.45) is 0 Å². The highest BCUT2D eigenvalue weighted by Gasteiger charge is 2.22. The van der Waals surface area contributed by atoms with Crippen LogP contribution in [0, 0.1) is 12.7 Å². The van der Waals surface area contributed by atoms with Crippen LogP contribution in [0.5, 0.6) is 0 Å². The Bertz CT molecular complexity index is 723. The van der Waals surface area contributed by atoms with Crippen molar-refractivity contribution in [1.82, 2.24) is 15.1 Å². The van der Waals surface area contributed by atoms with Gasteiger partial charge in [0.05, 0.1) is 18.0 Å². The zero-order valence-electron chi connectivity index (χ0n) is 13.3. The molecule has 0 spiro atoms. The number of nitrogens with one attached hydrogen (secondary N) is 1. The van der Waals surface area contributed by atoms with Gasteiger partial charge in [-0.05, 0) is 38.8 Å². The second kappa shape index (κ2) is 6.50. The molecular formula is C17H20FN3O2. The zero-order valence-corrected chi connectivity index (χ0v) is 13.3. The molecule has 0 saturated heterocycles. The van der Waals surface area contributed by atoms with Crippen molar-refractivity contribution in [1.29, 1.82) is 0 Å². The third-order valence-electron chi connectivity index (χ3n) is 3.88. The van der Waals surface area contributed by atoms with Crippen LogP contribution in [0.25, 0.3) is 5.69 Å². The Morgan fingerprint density at radius 2 is 2.26 bits per heavy atom. The Morgan fingerprint density at radius 3 is 2.96 bits per heavy atom. The maximum absolute atomic E-state index is 14.2. The topological polar surface area (TPSA) is 56.1 Å². The van der Waals surface area contributed by atoms with Crippen molar-refractivity contribution in [2.75, 3.05) is 6.61 Å². The fraction of sp³-hybridized carbons (Fsp3) is 0.412. The van der Waals surface area contributed by atoms with Crippen molar-refractivity contribution < 1.29 is 13.9 Å². The number of halogens is 1. The standard InChI is InChI=1S/C17H20FN3O2/c1-3-23-17(22)14-10-21(20-11(14)2)16-6-4-5-15(18)13(16)9-19-12-7-8-12/h4-6,10,12,19H,3,7-9H2,1-2H3. The fourth-order valence-electron chi connectivity index (χ4n) is 2.46. The van der Waals surface area contributed by atoms with Crippen LogP contribution in [0.3, 0.4) is 0 Å². The summed E-state index contributed by atoms with van der Waals surface area (Å²) < 4.78 is 20.8. The summed E-state index contributed by atoms with van der Waals surface area (Å²) in [5.41, 5.74) is 2.15. The van der Waals surface area contributed by atoms with Crippen LogP contribution in [-0.4, -0.2) is 28.4 Å². The van der Waals surface area contributed by atoms with E-state index in [1.807, 2.05) is 0 Å². The SMILES string of the molecule is CCOC(=O)c1cn(-c2cccc(F)c2CNC2CC2)nc1C. The molecule has 1 aromatic carbocycles. The minimum atomic E-state index is -0.412. The molecule has 0 aliphatic heterocycles. The Morgan fingerprint density at radius 1 is 1.48 bits per heavy atom. The number of carbonyl (C=O) groups excluding carboxylic acids is 1. The van der Waals surface area contributed by atoms with Crippen LogP contribution in [-0.2, 0) is 11.3 Å². The number of esters is 1. The number of ether oxygens (including phenoxy) is 1. The number of aromatic nitrogens is 2. The van der Waals surface area contributed by atoms with Gasteiger partial charge in [0.15, 0.2) is 0 Å². The predicted octanol–water partition coefficient (Wildman–Crippen LogP) is 2.75. The lowest BCUT2D eigenvalue weighted by Crippen LogP contribution is -2.18. The molecule has 0 atom stereocenters. The Hall–Kier alpha value is -2.21. The Kier molecular flexibility index (Phi) is 4.43. The van der Waals surface area contributed by atoms with E-state index in [0.717, 1.165) is 12.8 Å². The molecule has 0 amide bonds. The van der Waals surface area contributed by atoms with Crippen LogP contribution in [0.4, 0.5) is 4.39 Å². The maximum atomic E-state index is 14.2. The highest BCUT2D eigenvalue weighted by Crippen LogP contribution is 2.23. The molecule has 5 nitrogen and oxygen atoms in total. The number of benzene rings is 1. The first-order valence-electron chi connectivity index (χ1n) is 7.84. The van der Waals surface area contributed by atoms with E-state index in [-0.39, 0.29) is 5.82 Å². The average molecular weight is 317 g/mol. The van der Waals surface area contributed by atoms with Crippen molar-refractivity contribution in [3.63, 3.8) is 0 Å². The number of aryl methyl sites for hydroxylation is 1. The van der Waals surface area contributed by atoms with Crippen molar-refractivity contribution >= 4 is 5.97 Å². The molecule has 2 aromatic rings. The van der Waals surface area contributed by atoms with Gasteiger partial charge in [0.1, 0.15) is 11.4 Å². The van der Waals surface area contributed by atoms with E-state index in [0.29, 0.717) is 41.7 Å². The first-order valence-corrected chi connectivity index (χ1v) is 7.84. The van der Waals surface area contributed by atoms with Gasteiger partial charge in [0.25, 0.3) is 0 Å². The van der Waals surface area contributed by atoms with Crippen LogP contribution < -0.4 is 5.32 Å². The van der Waals surface area contributed by atoms with Gasteiger partial charge in [0, 0.05) is 24.3 Å². The summed E-state index contributed by atoms with van der Waals surface area (Å²) in [4.78, 5) is 11.9. The quantitative estimate of drug-likeness (QED) is 0.832. The first kappa shape index (κ1) is 15.7. The number of rotatable bonds is 6. The van der Waals surface area contributed by atoms with Gasteiger partial charge >= 0.3 is 5.97 Å². The summed E-state index contributed by atoms with van der Waals surface area (Å²) in [6.07, 6.45) is 3.87. The number of nitrogens with zero attached hydrogens (tertiary/aromatic N) is 2. The second-order valence-corrected chi connectivity index (χ2v) is 5.69. The number of hydrogen-bond acceptors (Lipinski definition) is 4. The highest BCUT2D eigenvalue weighted by atomic mass is 19.1. The van der Waals surface area contributed by atoms with E-state index in [9.17, 15) is 9.18 Å². The van der Waals surface area contributed by atoms with Gasteiger partial charge in [-0.15, -0.1) is 0 Å². The third-order valence-corrected chi connectivity index (χ3v) is 3.88. The second-order valence-electron chi connectivity index (χ2n) is 5.69. The third kappa shape index (κ3) is 3.42. The summed E-state index contributed by atoms with van der Waals surface area (Å²) in [6.45, 7) is 4.25. The molecule has 1 fully saturated rings. The monoisotopic (exact) mass is 317 g/mol. The normalized spacial score (nSPS) is 14.0. The number of carbonyl (C=O) groups is 1. The zero-order chi connectivity index (χ0) is 16.4. The van der Waals surface area contributed by atoms with Crippen LogP contribution in [0.2, 0.25) is 0 Å². The minimum Gasteiger partial charge on any atom is -0.462 e. The predicted molar refractivity (Wildman–Crippen MR) is 84.1 cm³/mol. The van der Waals surface area contributed by atoms with Gasteiger partial charge < -0.3 is 10.1 Å². The lowest BCUT2D eigenvalue weighted by molar-refractivity contribution is 0.0525. The van der Waals surface area contributed by atoms with Gasteiger partial charge in [-0.25, -0.2) is 13.9 Å². The highest BCUT2D eigenvalue weighted by molar-refractivity contribution is 5.90. The van der Waals surface area contributed by atoms with E-state index in [4.69, 9.17) is 4.74 Å². The van der Waals surface area contributed by atoms with Crippen LogP contribution >= 0.6 is 0 Å². The van der Waals surface area contributed by atoms with Crippen LogP contribution in [0.15, 0.2) is 24.4 Å². The molecule has 1 aliphatic rings. The molecule has 1 saturated carbocycles. The van der Waals surface area contributed by atoms with Gasteiger partial charge in [-0.2, -0.15) is 5.10 Å². The van der Waals surface area contributed by atoms with E-state index in [1.165, 1.54) is 6.07 Å². The molecule has 6 heteroatoms. The largest absolute Gasteiger partial charge is 0.462 e. The van der Waals surface area contributed by atoms with Gasteiger partial charge in [0.2, 0.25) is 0 Å². The maximum Gasteiger partial charge on any atom is 0.341 e. The molecule has 1 heterocycles. The lowest BCUT2D eigenvalue weighted by Gasteiger charge is -2.11. The van der Waals surface area contributed by atoms with Gasteiger partial charge in [-0.1, -0.05) is 6.07 Å². The van der Waals surface area contributed by atoms with Crippen molar-refractivity contribution in [3.05, 3.63) is 47.0 Å². The fourth-order valence-corrected chi connectivity index (χ4v) is 2.46. The van der Waals surface area contributed by atoms with E-state index in [2.05, 4.69) is 10.4 Å². The van der Waals surface area contributed by atoms with Crippen LogP contribution in [0.1, 0.15) is 41.4 Å². The summed E-state index contributed by atoms with van der Waals surface area (Å²) in [5, 5.41) is 7.67. The van der Waals surface area contributed by atoms with E-state index >= 15 is 0 Å². The molecule has 0 radical (unpaired) electrons. The molecule has 1 N–H and O–H groups in total. The van der Waals surface area contributed by atoms with E-state index < -0.39 is 5.97 Å². The summed E-state index contributed by atoms with van der Waals surface area (Å²) in [5.74, 6) is -0.688. The smallest absolute Gasteiger partial charge is 0.341 e. The number of hydrogen-bond donors (Lipinski definition) is 1. The molecule has 3 rings (SSSR count). The Labute approximate surface area is 134 Å². The summed E-state index contributed by atoms with van der Waals surface area (Å²) >= 11 is 0. The molecular weight excluding hydrogens is 297 g/mol. The van der Waals surface area contributed by atoms with E-state index in [1.54, 1.807) is 36.9 Å². The average Bonchev–Trinajstić information content (AvgIpc) is 3.27. The molecule has 0 bridgehead atoms. The Balaban J connectivity index is 1.93. The first-order chi connectivity index (χ1) is 11.1.